The van der Waals surface area contributed by atoms with E-state index in [1.54, 1.807) is 0 Å². The van der Waals surface area contributed by atoms with Gasteiger partial charge in [0.25, 0.3) is 5.91 Å². The highest BCUT2D eigenvalue weighted by atomic mass is 32.2. The Balaban J connectivity index is 2.78. The van der Waals surface area contributed by atoms with E-state index in [0.717, 1.165) is 24.2 Å². The van der Waals surface area contributed by atoms with Crippen LogP contribution in [0.4, 0.5) is 0 Å². The molecule has 2 N–H and O–H groups in total. The third kappa shape index (κ3) is 3.24. The van der Waals surface area contributed by atoms with Crippen LogP contribution >= 0.6 is 11.3 Å². The van der Waals surface area contributed by atoms with Gasteiger partial charge in [0.1, 0.15) is 0 Å². The third-order valence-corrected chi connectivity index (χ3v) is 5.08. The molecule has 90 valence electrons. The molecule has 0 bridgehead atoms. The second kappa shape index (κ2) is 5.35. The summed E-state index contributed by atoms with van der Waals surface area (Å²) >= 11 is 0.721. The molecule has 0 unspecified atom stereocenters. The van der Waals surface area contributed by atoms with Gasteiger partial charge in [-0.15, -0.1) is 10.2 Å². The number of sulfone groups is 1. The standard InChI is InChI=1S/C8H13N3O3S2/c1-2-3-4-5-16(13,14)8-11-10-7(15-8)6(9)12/h2-5H2,1H3,(H2,9,12). The van der Waals surface area contributed by atoms with Crippen molar-refractivity contribution in [2.45, 2.75) is 30.5 Å². The maximum absolute atomic E-state index is 11.7. The van der Waals surface area contributed by atoms with E-state index in [-0.39, 0.29) is 15.1 Å². The topological polar surface area (TPSA) is 103 Å². The average Bonchev–Trinajstić information content (AvgIpc) is 2.67. The van der Waals surface area contributed by atoms with Gasteiger partial charge in [-0.2, -0.15) is 0 Å². The largest absolute Gasteiger partial charge is 0.363 e. The molecule has 0 saturated heterocycles. The second-order valence-electron chi connectivity index (χ2n) is 3.26. The Labute approximate surface area is 97.8 Å². The first-order valence-electron chi connectivity index (χ1n) is 4.83. The predicted molar refractivity (Wildman–Crippen MR) is 60.0 cm³/mol. The Kier molecular flexibility index (Phi) is 4.36. The van der Waals surface area contributed by atoms with E-state index in [1.165, 1.54) is 0 Å². The number of carbonyl (C=O) groups excluding carboxylic acids is 1. The number of aromatic nitrogens is 2. The van der Waals surface area contributed by atoms with Gasteiger partial charge >= 0.3 is 0 Å². The van der Waals surface area contributed by atoms with Crippen LogP contribution in [0.2, 0.25) is 0 Å². The molecule has 1 aromatic rings. The Hall–Kier alpha value is -1.02. The van der Waals surface area contributed by atoms with Crippen molar-refractivity contribution in [3.63, 3.8) is 0 Å². The Morgan fingerprint density at radius 1 is 1.38 bits per heavy atom. The molecule has 0 aromatic carbocycles. The molecule has 0 aliphatic rings. The SMILES string of the molecule is CCCCCS(=O)(=O)c1nnc(C(N)=O)s1. The van der Waals surface area contributed by atoms with E-state index < -0.39 is 15.7 Å². The zero-order chi connectivity index (χ0) is 12.2. The van der Waals surface area contributed by atoms with Gasteiger partial charge in [-0.1, -0.05) is 31.1 Å². The van der Waals surface area contributed by atoms with Crippen molar-refractivity contribution < 1.29 is 13.2 Å². The molecule has 0 atom stereocenters. The van der Waals surface area contributed by atoms with Crippen LogP contribution in [-0.4, -0.2) is 30.3 Å². The first-order valence-corrected chi connectivity index (χ1v) is 7.30. The van der Waals surface area contributed by atoms with Crippen molar-refractivity contribution >= 4 is 27.1 Å². The van der Waals surface area contributed by atoms with Gasteiger partial charge < -0.3 is 5.73 Å². The smallest absolute Gasteiger partial charge is 0.279 e. The molecule has 0 saturated carbocycles. The van der Waals surface area contributed by atoms with Crippen LogP contribution < -0.4 is 5.73 Å². The average molecular weight is 263 g/mol. The number of nitrogens with zero attached hydrogens (tertiary/aromatic N) is 2. The highest BCUT2D eigenvalue weighted by Crippen LogP contribution is 2.17. The van der Waals surface area contributed by atoms with Gasteiger partial charge in [0.05, 0.1) is 5.75 Å². The van der Waals surface area contributed by atoms with Gasteiger partial charge in [0.15, 0.2) is 0 Å². The summed E-state index contributed by atoms with van der Waals surface area (Å²) in [5, 5.41) is 6.82. The fourth-order valence-corrected chi connectivity index (χ4v) is 3.41. The van der Waals surface area contributed by atoms with Gasteiger partial charge in [-0.3, -0.25) is 4.79 Å². The van der Waals surface area contributed by atoms with Crippen LogP contribution in [0.15, 0.2) is 4.34 Å². The van der Waals surface area contributed by atoms with Crippen molar-refractivity contribution in [3.8, 4) is 0 Å². The van der Waals surface area contributed by atoms with Crippen molar-refractivity contribution in [3.05, 3.63) is 5.01 Å². The maximum Gasteiger partial charge on any atom is 0.279 e. The molecule has 0 spiro atoms. The molecule has 1 aromatic heterocycles. The molecule has 0 radical (unpaired) electrons. The molecule has 8 heteroatoms. The minimum atomic E-state index is -3.41. The summed E-state index contributed by atoms with van der Waals surface area (Å²) in [5.41, 5.74) is 4.97. The Bertz CT molecular complexity index is 467. The lowest BCUT2D eigenvalue weighted by atomic mass is 10.3. The second-order valence-corrected chi connectivity index (χ2v) is 6.52. The van der Waals surface area contributed by atoms with Crippen LogP contribution in [0.1, 0.15) is 36.0 Å². The van der Waals surface area contributed by atoms with E-state index in [0.29, 0.717) is 6.42 Å². The summed E-state index contributed by atoms with van der Waals surface area (Å²) in [6.07, 6.45) is 2.38. The quantitative estimate of drug-likeness (QED) is 0.757. The minimum Gasteiger partial charge on any atom is -0.363 e. The summed E-state index contributed by atoms with van der Waals surface area (Å²) in [6, 6.07) is 0. The molecule has 0 aliphatic heterocycles. The molecule has 1 heterocycles. The number of primary amides is 1. The Morgan fingerprint density at radius 3 is 2.56 bits per heavy atom. The van der Waals surface area contributed by atoms with E-state index in [9.17, 15) is 13.2 Å². The fourth-order valence-electron chi connectivity index (χ4n) is 1.06. The minimum absolute atomic E-state index is 0.0359. The normalized spacial score (nSPS) is 11.6. The number of hydrogen-bond acceptors (Lipinski definition) is 6. The summed E-state index contributed by atoms with van der Waals surface area (Å²) in [5.74, 6) is -0.721. The molecule has 1 rings (SSSR count). The van der Waals surface area contributed by atoms with Crippen LogP contribution in [-0.2, 0) is 9.84 Å². The van der Waals surface area contributed by atoms with Crippen molar-refractivity contribution in [1.29, 1.82) is 0 Å². The number of unbranched alkanes of at least 4 members (excludes halogenated alkanes) is 2. The van der Waals surface area contributed by atoms with Gasteiger partial charge in [0.2, 0.25) is 19.2 Å². The molecule has 1 amide bonds. The molecule has 16 heavy (non-hydrogen) atoms. The molecular formula is C8H13N3O3S2. The van der Waals surface area contributed by atoms with E-state index >= 15 is 0 Å². The van der Waals surface area contributed by atoms with Gasteiger partial charge in [-0.25, -0.2) is 8.42 Å². The van der Waals surface area contributed by atoms with Crippen LogP contribution in [0.5, 0.6) is 0 Å². The Morgan fingerprint density at radius 2 is 2.06 bits per heavy atom. The number of amides is 1. The zero-order valence-electron chi connectivity index (χ0n) is 8.84. The zero-order valence-corrected chi connectivity index (χ0v) is 10.5. The number of nitrogens with two attached hydrogens (primary N) is 1. The predicted octanol–water partition coefficient (Wildman–Crippen LogP) is 0.601. The summed E-state index contributed by atoms with van der Waals surface area (Å²) < 4.78 is 23.3. The lowest BCUT2D eigenvalue weighted by Crippen LogP contribution is -2.10. The first kappa shape index (κ1) is 13.0. The maximum atomic E-state index is 11.7. The molecular weight excluding hydrogens is 250 g/mol. The summed E-state index contributed by atoms with van der Waals surface area (Å²) in [6.45, 7) is 1.99. The van der Waals surface area contributed by atoms with Gasteiger partial charge in [-0.05, 0) is 6.42 Å². The number of hydrogen-bond donors (Lipinski definition) is 1. The van der Waals surface area contributed by atoms with Gasteiger partial charge in [0, 0.05) is 0 Å². The van der Waals surface area contributed by atoms with Crippen molar-refractivity contribution in [1.82, 2.24) is 10.2 Å². The molecule has 0 aliphatic carbocycles. The van der Waals surface area contributed by atoms with Crippen LogP contribution in [0, 0.1) is 0 Å². The molecule has 6 nitrogen and oxygen atoms in total. The molecule has 0 fully saturated rings. The van der Waals surface area contributed by atoms with Crippen molar-refractivity contribution in [2.75, 3.05) is 5.75 Å². The summed E-state index contributed by atoms with van der Waals surface area (Å²) in [7, 11) is -3.41. The van der Waals surface area contributed by atoms with E-state index in [1.807, 2.05) is 6.92 Å². The first-order chi connectivity index (χ1) is 7.47. The number of rotatable bonds is 6. The van der Waals surface area contributed by atoms with Crippen LogP contribution in [0.3, 0.4) is 0 Å². The van der Waals surface area contributed by atoms with Crippen molar-refractivity contribution in [2.24, 2.45) is 5.73 Å². The highest BCUT2D eigenvalue weighted by molar-refractivity contribution is 7.93. The lowest BCUT2D eigenvalue weighted by molar-refractivity contribution is 0.0999. The highest BCUT2D eigenvalue weighted by Gasteiger charge is 2.21. The van der Waals surface area contributed by atoms with E-state index in [2.05, 4.69) is 10.2 Å². The van der Waals surface area contributed by atoms with E-state index in [4.69, 9.17) is 5.73 Å². The monoisotopic (exact) mass is 263 g/mol. The summed E-state index contributed by atoms with van der Waals surface area (Å²) in [4.78, 5) is 10.7. The third-order valence-electron chi connectivity index (χ3n) is 1.90. The fraction of sp³-hybridized carbons (Fsp3) is 0.625. The lowest BCUT2D eigenvalue weighted by Gasteiger charge is -1.97. The number of carbonyl (C=O) groups is 1. The van der Waals surface area contributed by atoms with Crippen LogP contribution in [0.25, 0.3) is 0 Å².